The van der Waals surface area contributed by atoms with Gasteiger partial charge in [-0.3, -0.25) is 0 Å². The van der Waals surface area contributed by atoms with Crippen LogP contribution in [0, 0.1) is 0 Å². The molecule has 0 atom stereocenters. The van der Waals surface area contributed by atoms with Crippen LogP contribution in [0.2, 0.25) is 0 Å². The van der Waals surface area contributed by atoms with E-state index in [1.807, 2.05) is 141 Å². The molecule has 0 amide bonds. The maximum Gasteiger partial charge on any atom is 0.346 e. The van der Waals surface area contributed by atoms with E-state index in [1.54, 1.807) is 70.6 Å². The summed E-state index contributed by atoms with van der Waals surface area (Å²) in [7, 11) is 2.97. The highest BCUT2D eigenvalue weighted by atomic mass is 32.3. The van der Waals surface area contributed by atoms with Crippen molar-refractivity contribution in [3.05, 3.63) is 86.1 Å². The Balaban J connectivity index is 0.802. The molecule has 0 aromatic carbocycles. The van der Waals surface area contributed by atoms with E-state index < -0.39 is 0 Å². The fourth-order valence-electron chi connectivity index (χ4n) is 7.10. The summed E-state index contributed by atoms with van der Waals surface area (Å²) in [4.78, 5) is 27.7. The zero-order valence-electron chi connectivity index (χ0n) is 43.9. The van der Waals surface area contributed by atoms with E-state index >= 15 is 0 Å². The highest BCUT2D eigenvalue weighted by molar-refractivity contribution is 8.52. The van der Waals surface area contributed by atoms with E-state index in [9.17, 15) is 9.59 Å². The number of thioether (sulfide) groups is 22. The number of rotatable bonds is 32. The summed E-state index contributed by atoms with van der Waals surface area (Å²) in [5, 5.41) is 0. The van der Waals surface area contributed by atoms with Crippen LogP contribution in [-0.4, -0.2) is 60.7 Å². The van der Waals surface area contributed by atoms with Crippen molar-refractivity contribution in [2.45, 2.75) is 137 Å². The van der Waals surface area contributed by atoms with Gasteiger partial charge in [-0.2, -0.15) is 0 Å². The van der Waals surface area contributed by atoms with E-state index in [4.69, 9.17) is 9.47 Å². The molecule has 424 valence electrons. The van der Waals surface area contributed by atoms with E-state index in [0.717, 1.165) is 26.4 Å². The molecule has 77 heavy (non-hydrogen) atoms. The third-order valence-electron chi connectivity index (χ3n) is 11.1. The lowest BCUT2D eigenvalue weighted by Crippen LogP contribution is -2.01. The minimum atomic E-state index is -0.262. The molecule has 4 nitrogen and oxygen atoms in total. The van der Waals surface area contributed by atoms with Crippen LogP contribution in [0.15, 0.2) is 86.1 Å². The number of carbonyl (C=O) groups excluding carboxylic acids is 2. The molecule has 0 aromatic rings. The maximum absolute atomic E-state index is 13.2. The largest absolute Gasteiger partial charge is 0.465 e. The van der Waals surface area contributed by atoms with Gasteiger partial charge in [-0.05, 0) is 66.6 Å². The van der Waals surface area contributed by atoms with E-state index in [-0.39, 0.29) is 11.9 Å². The Morgan fingerprint density at radius 1 is 0.273 bits per heavy atom. The molecular formula is C51H64O4S22. The van der Waals surface area contributed by atoms with E-state index in [2.05, 4.69) is 74.7 Å². The average molecular weight is 1450 g/mol. The first-order valence-corrected chi connectivity index (χ1v) is 44.9. The molecule has 0 bridgehead atoms. The normalized spacial score (nSPS) is 19.8. The first-order valence-electron chi connectivity index (χ1n) is 26.0. The van der Waals surface area contributed by atoms with Crippen molar-refractivity contribution >= 4 is 271 Å². The van der Waals surface area contributed by atoms with Gasteiger partial charge in [0, 0.05) is 0 Å². The van der Waals surface area contributed by atoms with Crippen molar-refractivity contribution < 1.29 is 19.1 Å². The van der Waals surface area contributed by atoms with Crippen molar-refractivity contribution in [2.24, 2.45) is 0 Å². The van der Waals surface area contributed by atoms with Crippen LogP contribution in [-0.2, 0) is 19.1 Å². The van der Waals surface area contributed by atoms with E-state index in [0.29, 0.717) is 9.81 Å². The molecular weight excluding hydrogens is 1380 g/mol. The highest BCUT2D eigenvalue weighted by Gasteiger charge is 2.40. The van der Waals surface area contributed by atoms with Gasteiger partial charge in [0.05, 0.1) is 90.5 Å². The molecule has 8 aliphatic rings. The number of esters is 2. The molecule has 0 saturated carbocycles. The van der Waals surface area contributed by atoms with Crippen LogP contribution in [0.25, 0.3) is 0 Å². The number of unbranched alkanes of at least 4 members (excludes halogenated alkanes) is 12. The molecule has 0 fully saturated rings. The molecule has 0 N–H and O–H groups in total. The van der Waals surface area contributed by atoms with Crippen LogP contribution in [0.4, 0.5) is 0 Å². The minimum absolute atomic E-state index is 0.262. The minimum Gasteiger partial charge on any atom is -0.465 e. The van der Waals surface area contributed by atoms with Gasteiger partial charge in [0.2, 0.25) is 0 Å². The molecule has 8 rings (SSSR count). The van der Waals surface area contributed by atoms with Gasteiger partial charge in [0.25, 0.3) is 0 Å². The zero-order valence-corrected chi connectivity index (χ0v) is 61.8. The lowest BCUT2D eigenvalue weighted by atomic mass is 10.2. The third-order valence-corrected chi connectivity index (χ3v) is 44.0. The molecule has 0 radical (unpaired) electrons. The van der Waals surface area contributed by atoms with Crippen molar-refractivity contribution in [3.63, 3.8) is 0 Å². The second-order valence-corrected chi connectivity index (χ2v) is 44.7. The molecule has 26 heteroatoms. The fourth-order valence-corrected chi connectivity index (χ4v) is 41.3. The SMILES string of the molecule is CCCCCCSC1=C(SCCCCCC)SC(=C2SC3=C(S2)SC(=C2SC(SCCCSC4=C(C(=O)OC)SC(=C5SC6=C(SC(=C7SC(SCCCCCC)=C(SCCCCCC)S7)S6)S5)S4)=C(C(=O)OC)S2)S3)S1. The zero-order chi connectivity index (χ0) is 53.9. The van der Waals surface area contributed by atoms with Crippen molar-refractivity contribution in [1.82, 2.24) is 0 Å². The number of carbonyl (C=O) groups is 2. The van der Waals surface area contributed by atoms with Crippen LogP contribution in [0.1, 0.15) is 137 Å². The highest BCUT2D eigenvalue weighted by Crippen LogP contribution is 2.75. The Kier molecular flexibility index (Phi) is 31.8. The molecule has 8 aliphatic heterocycles. The van der Waals surface area contributed by atoms with E-state index in [1.165, 1.54) is 208 Å². The monoisotopic (exact) mass is 1440 g/mol. The van der Waals surface area contributed by atoms with Crippen molar-refractivity contribution in [2.75, 3.05) is 48.7 Å². The average Bonchev–Trinajstić information content (AvgIpc) is 4.31. The Hall–Kier alpha value is 4.04. The topological polar surface area (TPSA) is 52.6 Å². The standard InChI is InChI=1S/C51H64O4S22/c1-7-11-15-19-24-58-36-37(59-25-20-16-12-8-2)67-44(66-36)46-74-48-49(75-46)71-42(70-48)40-62-30(32(52)54-5)34(64-40)56-28-23-29-57-35-31(33(53)55-6)63-41(65-35)43-72-50-51(73-43)77-47(76-50)45-68-38(60-26-21-17-13-9-3)39(69-45)61-27-22-18-14-10-4/h7-29H2,1-6H3. The summed E-state index contributed by atoms with van der Waals surface area (Å²) in [6, 6.07) is 0. The van der Waals surface area contributed by atoms with Crippen LogP contribution < -0.4 is 0 Å². The lowest BCUT2D eigenvalue weighted by molar-refractivity contribution is -0.136. The molecule has 0 saturated heterocycles. The fraction of sp³-hybridized carbons (Fsp3) is 0.569. The van der Waals surface area contributed by atoms with Crippen LogP contribution >= 0.6 is 259 Å². The van der Waals surface area contributed by atoms with Gasteiger partial charge in [-0.1, -0.05) is 293 Å². The quantitative estimate of drug-likeness (QED) is 0.0474. The summed E-state index contributed by atoms with van der Waals surface area (Å²) in [6.07, 6.45) is 21.9. The number of hydrogen-bond acceptors (Lipinski definition) is 26. The van der Waals surface area contributed by atoms with Gasteiger partial charge in [0.1, 0.15) is 9.81 Å². The summed E-state index contributed by atoms with van der Waals surface area (Å²) < 4.78 is 34.9. The van der Waals surface area contributed by atoms with Gasteiger partial charge in [-0.15, -0.1) is 70.6 Å². The molecule has 0 aliphatic carbocycles. The summed E-state index contributed by atoms with van der Waals surface area (Å²) in [6.45, 7) is 9.16. The summed E-state index contributed by atoms with van der Waals surface area (Å²) in [5.41, 5.74) is 0. The Labute approximate surface area is 553 Å². The Bertz CT molecular complexity index is 2230. The first-order chi connectivity index (χ1) is 37.7. The van der Waals surface area contributed by atoms with Gasteiger partial charge >= 0.3 is 11.9 Å². The molecule has 0 spiro atoms. The first kappa shape index (κ1) is 67.0. The molecule has 0 aromatic heterocycles. The Morgan fingerprint density at radius 2 is 0.481 bits per heavy atom. The van der Waals surface area contributed by atoms with Crippen LogP contribution in [0.3, 0.4) is 0 Å². The van der Waals surface area contributed by atoms with Crippen molar-refractivity contribution in [3.8, 4) is 0 Å². The van der Waals surface area contributed by atoms with Gasteiger partial charge in [0.15, 0.2) is 0 Å². The summed E-state index contributed by atoms with van der Waals surface area (Å²) in [5.74, 6) is 6.04. The van der Waals surface area contributed by atoms with Gasteiger partial charge < -0.3 is 9.47 Å². The maximum atomic E-state index is 13.2. The lowest BCUT2D eigenvalue weighted by Gasteiger charge is -2.08. The Morgan fingerprint density at radius 3 is 0.727 bits per heavy atom. The van der Waals surface area contributed by atoms with Crippen LogP contribution in [0.5, 0.6) is 0 Å². The number of hydrogen-bond donors (Lipinski definition) is 0. The van der Waals surface area contributed by atoms with Gasteiger partial charge in [-0.25, -0.2) is 9.59 Å². The predicted octanol–water partition coefficient (Wildman–Crippen LogP) is 25.6. The number of ether oxygens (including phenoxy) is 2. The smallest absolute Gasteiger partial charge is 0.346 e. The third kappa shape index (κ3) is 20.0. The van der Waals surface area contributed by atoms with Crippen molar-refractivity contribution in [1.29, 1.82) is 0 Å². The summed E-state index contributed by atoms with van der Waals surface area (Å²) >= 11 is 41.8. The second kappa shape index (κ2) is 36.5. The predicted molar refractivity (Wildman–Crippen MR) is 392 cm³/mol. The molecule has 8 heterocycles. The second-order valence-electron chi connectivity index (χ2n) is 17.1. The molecule has 0 unspecified atom stereocenters. The number of methoxy groups -OCH3 is 2.